The Morgan fingerprint density at radius 1 is 1.55 bits per heavy atom. The van der Waals surface area contributed by atoms with Gasteiger partial charge in [-0.1, -0.05) is 17.7 Å². The summed E-state index contributed by atoms with van der Waals surface area (Å²) in [6, 6.07) is 7.13. The van der Waals surface area contributed by atoms with Gasteiger partial charge in [-0.15, -0.1) is 0 Å². The molecule has 1 aliphatic rings. The van der Waals surface area contributed by atoms with Crippen LogP contribution >= 0.6 is 11.6 Å². The molecule has 1 saturated heterocycles. The standard InChI is InChI=1S/C15H21ClN2O2/c1-15(2,20)13-7-4-8-18(13)10-14(19)17-12-6-3-5-11(16)9-12/h3,5-6,9,13,20H,4,7-8,10H2,1-2H3,(H,17,19). The Morgan fingerprint density at radius 3 is 2.95 bits per heavy atom. The predicted octanol–water partition coefficient (Wildman–Crippen LogP) is 2.51. The number of hydrogen-bond acceptors (Lipinski definition) is 3. The molecule has 1 aromatic carbocycles. The Balaban J connectivity index is 1.94. The van der Waals surface area contributed by atoms with Gasteiger partial charge in [-0.05, 0) is 51.4 Å². The second-order valence-electron chi connectivity index (χ2n) is 5.84. The Hall–Kier alpha value is -1.10. The number of halogens is 1. The molecule has 0 spiro atoms. The van der Waals surface area contributed by atoms with Crippen LogP contribution in [0.15, 0.2) is 24.3 Å². The summed E-state index contributed by atoms with van der Waals surface area (Å²) in [5, 5.41) is 13.6. The highest BCUT2D eigenvalue weighted by Gasteiger charge is 2.36. The Labute approximate surface area is 124 Å². The first-order valence-electron chi connectivity index (χ1n) is 6.88. The van der Waals surface area contributed by atoms with E-state index in [0.717, 1.165) is 19.4 Å². The van der Waals surface area contributed by atoms with Gasteiger partial charge in [0, 0.05) is 16.8 Å². The van der Waals surface area contributed by atoms with Gasteiger partial charge in [0.1, 0.15) is 0 Å². The van der Waals surface area contributed by atoms with E-state index in [0.29, 0.717) is 17.3 Å². The minimum atomic E-state index is -0.785. The van der Waals surface area contributed by atoms with Gasteiger partial charge in [-0.2, -0.15) is 0 Å². The number of carbonyl (C=O) groups excluding carboxylic acids is 1. The first-order chi connectivity index (χ1) is 9.36. The molecule has 1 amide bonds. The van der Waals surface area contributed by atoms with Crippen LogP contribution in [0.1, 0.15) is 26.7 Å². The van der Waals surface area contributed by atoms with Crippen molar-refractivity contribution < 1.29 is 9.90 Å². The van der Waals surface area contributed by atoms with E-state index in [4.69, 9.17) is 11.6 Å². The molecule has 2 rings (SSSR count). The molecule has 1 atom stereocenters. The second-order valence-corrected chi connectivity index (χ2v) is 6.28. The Morgan fingerprint density at radius 2 is 2.30 bits per heavy atom. The van der Waals surface area contributed by atoms with Crippen molar-refractivity contribution in [2.45, 2.75) is 38.3 Å². The topological polar surface area (TPSA) is 52.6 Å². The molecule has 0 radical (unpaired) electrons. The van der Waals surface area contributed by atoms with Gasteiger partial charge < -0.3 is 10.4 Å². The van der Waals surface area contributed by atoms with Crippen molar-refractivity contribution in [2.24, 2.45) is 0 Å². The summed E-state index contributed by atoms with van der Waals surface area (Å²) in [4.78, 5) is 14.1. The number of nitrogens with zero attached hydrogens (tertiary/aromatic N) is 1. The molecule has 1 heterocycles. The highest BCUT2D eigenvalue weighted by molar-refractivity contribution is 6.30. The third-order valence-corrected chi connectivity index (χ3v) is 3.87. The van der Waals surface area contributed by atoms with Crippen LogP contribution in [-0.2, 0) is 4.79 Å². The second kappa shape index (κ2) is 6.12. The molecular weight excluding hydrogens is 276 g/mol. The lowest BCUT2D eigenvalue weighted by Gasteiger charge is -2.33. The fourth-order valence-electron chi connectivity index (χ4n) is 2.77. The summed E-state index contributed by atoms with van der Waals surface area (Å²) in [5.41, 5.74) is -0.0890. The molecule has 5 heteroatoms. The van der Waals surface area contributed by atoms with Crippen LogP contribution in [0.4, 0.5) is 5.69 Å². The number of carbonyl (C=O) groups is 1. The molecule has 110 valence electrons. The molecule has 4 nitrogen and oxygen atoms in total. The number of hydrogen-bond donors (Lipinski definition) is 2. The monoisotopic (exact) mass is 296 g/mol. The van der Waals surface area contributed by atoms with Gasteiger partial charge in [0.2, 0.25) is 5.91 Å². The zero-order valence-electron chi connectivity index (χ0n) is 11.9. The van der Waals surface area contributed by atoms with Crippen molar-refractivity contribution in [3.8, 4) is 0 Å². The molecule has 1 fully saturated rings. The lowest BCUT2D eigenvalue weighted by atomic mass is 9.97. The van der Waals surface area contributed by atoms with E-state index in [1.807, 2.05) is 4.90 Å². The first-order valence-corrected chi connectivity index (χ1v) is 7.26. The van der Waals surface area contributed by atoms with Gasteiger partial charge in [0.25, 0.3) is 0 Å². The van der Waals surface area contributed by atoms with Crippen molar-refractivity contribution in [3.05, 3.63) is 29.3 Å². The number of anilines is 1. The molecule has 0 bridgehead atoms. The number of amides is 1. The van der Waals surface area contributed by atoms with E-state index in [-0.39, 0.29) is 11.9 Å². The number of likely N-dealkylation sites (tertiary alicyclic amines) is 1. The summed E-state index contributed by atoms with van der Waals surface area (Å²) in [5.74, 6) is -0.0802. The molecule has 1 unspecified atom stereocenters. The van der Waals surface area contributed by atoms with E-state index < -0.39 is 5.60 Å². The van der Waals surface area contributed by atoms with Crippen LogP contribution < -0.4 is 5.32 Å². The van der Waals surface area contributed by atoms with E-state index in [9.17, 15) is 9.90 Å². The third-order valence-electron chi connectivity index (χ3n) is 3.63. The SMILES string of the molecule is CC(C)(O)C1CCCN1CC(=O)Nc1cccc(Cl)c1. The summed E-state index contributed by atoms with van der Waals surface area (Å²) in [7, 11) is 0. The highest BCUT2D eigenvalue weighted by Crippen LogP contribution is 2.26. The third kappa shape index (κ3) is 3.95. The van der Waals surface area contributed by atoms with Crippen molar-refractivity contribution in [1.82, 2.24) is 4.90 Å². The predicted molar refractivity (Wildman–Crippen MR) is 81.0 cm³/mol. The van der Waals surface area contributed by atoms with Crippen molar-refractivity contribution >= 4 is 23.2 Å². The van der Waals surface area contributed by atoms with Gasteiger partial charge in [0.05, 0.1) is 12.1 Å². The maximum atomic E-state index is 12.1. The Bertz CT molecular complexity index is 485. The van der Waals surface area contributed by atoms with Crippen LogP contribution in [0, 0.1) is 0 Å². The van der Waals surface area contributed by atoms with E-state index in [1.54, 1.807) is 38.1 Å². The maximum Gasteiger partial charge on any atom is 0.238 e. The van der Waals surface area contributed by atoms with E-state index in [1.165, 1.54) is 0 Å². The fraction of sp³-hybridized carbons (Fsp3) is 0.533. The minimum absolute atomic E-state index is 0.0348. The van der Waals surface area contributed by atoms with Gasteiger partial charge in [-0.3, -0.25) is 9.69 Å². The smallest absolute Gasteiger partial charge is 0.238 e. The average Bonchev–Trinajstić information content (AvgIpc) is 2.76. The molecule has 1 aliphatic heterocycles. The fourth-order valence-corrected chi connectivity index (χ4v) is 2.96. The summed E-state index contributed by atoms with van der Waals surface area (Å²) in [6.45, 7) is 4.73. The molecule has 0 aromatic heterocycles. The van der Waals surface area contributed by atoms with Crippen LogP contribution in [-0.4, -0.2) is 40.6 Å². The molecule has 1 aromatic rings. The first kappa shape index (κ1) is 15.3. The quantitative estimate of drug-likeness (QED) is 0.898. The Kier molecular flexibility index (Phi) is 4.68. The van der Waals surface area contributed by atoms with Crippen molar-refractivity contribution in [3.63, 3.8) is 0 Å². The van der Waals surface area contributed by atoms with Crippen molar-refractivity contribution in [2.75, 3.05) is 18.4 Å². The zero-order valence-corrected chi connectivity index (χ0v) is 12.7. The lowest BCUT2D eigenvalue weighted by molar-refractivity contribution is -0.118. The zero-order chi connectivity index (χ0) is 14.8. The summed E-state index contributed by atoms with van der Waals surface area (Å²) < 4.78 is 0. The van der Waals surface area contributed by atoms with Gasteiger partial charge in [0.15, 0.2) is 0 Å². The average molecular weight is 297 g/mol. The number of nitrogens with one attached hydrogen (secondary N) is 1. The molecule has 20 heavy (non-hydrogen) atoms. The maximum absolute atomic E-state index is 12.1. The molecule has 0 aliphatic carbocycles. The lowest BCUT2D eigenvalue weighted by Crippen LogP contribution is -2.48. The highest BCUT2D eigenvalue weighted by atomic mass is 35.5. The molecular formula is C15H21ClN2O2. The van der Waals surface area contributed by atoms with Crippen LogP contribution in [0.2, 0.25) is 5.02 Å². The van der Waals surface area contributed by atoms with Crippen molar-refractivity contribution in [1.29, 1.82) is 0 Å². The van der Waals surface area contributed by atoms with Gasteiger partial charge >= 0.3 is 0 Å². The van der Waals surface area contributed by atoms with Crippen LogP contribution in [0.25, 0.3) is 0 Å². The number of aliphatic hydroxyl groups is 1. The number of benzene rings is 1. The summed E-state index contributed by atoms with van der Waals surface area (Å²) >= 11 is 5.89. The van der Waals surface area contributed by atoms with Crippen LogP contribution in [0.5, 0.6) is 0 Å². The minimum Gasteiger partial charge on any atom is -0.389 e. The normalized spacial score (nSPS) is 20.1. The van der Waals surface area contributed by atoms with E-state index >= 15 is 0 Å². The van der Waals surface area contributed by atoms with Crippen LogP contribution in [0.3, 0.4) is 0 Å². The largest absolute Gasteiger partial charge is 0.389 e. The summed E-state index contributed by atoms with van der Waals surface area (Å²) in [6.07, 6.45) is 1.94. The van der Waals surface area contributed by atoms with E-state index in [2.05, 4.69) is 5.32 Å². The molecule has 2 N–H and O–H groups in total. The molecule has 0 saturated carbocycles. The number of rotatable bonds is 4. The van der Waals surface area contributed by atoms with Gasteiger partial charge in [-0.25, -0.2) is 0 Å².